The van der Waals surface area contributed by atoms with Crippen LogP contribution in [0, 0.1) is 0 Å². The van der Waals surface area contributed by atoms with E-state index in [1.807, 2.05) is 0 Å². The summed E-state index contributed by atoms with van der Waals surface area (Å²) in [5, 5.41) is 0.509. The summed E-state index contributed by atoms with van der Waals surface area (Å²) in [7, 11) is 0. The van der Waals surface area contributed by atoms with Gasteiger partial charge in [-0.15, -0.1) is 0 Å². The first-order valence-corrected chi connectivity index (χ1v) is 4.63. The maximum atomic E-state index is 13.0. The Hall–Kier alpha value is -1.72. The molecule has 0 amide bonds. The van der Waals surface area contributed by atoms with Gasteiger partial charge in [-0.05, 0) is 12.1 Å². The van der Waals surface area contributed by atoms with Crippen LogP contribution in [0.2, 0.25) is 0 Å². The van der Waals surface area contributed by atoms with Gasteiger partial charge in [-0.1, -0.05) is 24.3 Å². The first kappa shape index (κ1) is 11.8. The number of benzene rings is 1. The highest BCUT2D eigenvalue weighted by molar-refractivity contribution is 5.78. The molecule has 0 unspecified atom stereocenters. The van der Waals surface area contributed by atoms with E-state index in [1.165, 1.54) is 18.2 Å². The van der Waals surface area contributed by atoms with Crippen LogP contribution >= 0.6 is 0 Å². The van der Waals surface area contributed by atoms with Crippen molar-refractivity contribution in [2.75, 3.05) is 0 Å². The molecule has 0 N–H and O–H groups in total. The smallest absolute Gasteiger partial charge is 0.246 e. The molecule has 17 heavy (non-hydrogen) atoms. The highest BCUT2D eigenvalue weighted by atomic mass is 19.4. The number of fused-ring (bicyclic) bond motifs is 1. The molecule has 0 aliphatic heterocycles. The van der Waals surface area contributed by atoms with E-state index in [0.717, 1.165) is 0 Å². The van der Waals surface area contributed by atoms with E-state index in [-0.39, 0.29) is 5.52 Å². The van der Waals surface area contributed by atoms with Gasteiger partial charge < -0.3 is 0 Å². The monoisotopic (exact) mass is 247 g/mol. The number of rotatable bonds is 1. The zero-order chi connectivity index (χ0) is 12.7. The van der Waals surface area contributed by atoms with Crippen molar-refractivity contribution in [2.45, 2.75) is 12.1 Å². The second kappa shape index (κ2) is 3.65. The molecule has 0 saturated carbocycles. The van der Waals surface area contributed by atoms with E-state index in [1.54, 1.807) is 12.1 Å². The zero-order valence-corrected chi connectivity index (χ0v) is 8.30. The second-order valence-electron chi connectivity index (χ2n) is 3.46. The van der Waals surface area contributed by atoms with Crippen molar-refractivity contribution in [1.29, 1.82) is 0 Å². The van der Waals surface area contributed by atoms with Crippen molar-refractivity contribution in [3.8, 4) is 0 Å². The Morgan fingerprint density at radius 2 is 1.47 bits per heavy atom. The van der Waals surface area contributed by atoms with Gasteiger partial charge in [-0.2, -0.15) is 22.0 Å². The van der Waals surface area contributed by atoms with Gasteiger partial charge in [0.2, 0.25) is 0 Å². The number of alkyl halides is 5. The van der Waals surface area contributed by atoms with Gasteiger partial charge in [0.1, 0.15) is 5.69 Å². The van der Waals surface area contributed by atoms with Crippen molar-refractivity contribution < 1.29 is 22.0 Å². The first-order valence-electron chi connectivity index (χ1n) is 4.63. The molecule has 1 aromatic heterocycles. The summed E-state index contributed by atoms with van der Waals surface area (Å²) < 4.78 is 62.4. The van der Waals surface area contributed by atoms with Gasteiger partial charge >= 0.3 is 12.1 Å². The van der Waals surface area contributed by atoms with Crippen LogP contribution in [0.5, 0.6) is 0 Å². The van der Waals surface area contributed by atoms with E-state index >= 15 is 0 Å². The quantitative estimate of drug-likeness (QED) is 0.696. The van der Waals surface area contributed by atoms with Gasteiger partial charge in [0.15, 0.2) is 0 Å². The normalized spacial score (nSPS) is 13.0. The predicted octanol–water partition coefficient (Wildman–Crippen LogP) is 3.89. The molecule has 0 bridgehead atoms. The molecule has 0 fully saturated rings. The maximum Gasteiger partial charge on any atom is 0.459 e. The standard InChI is InChI=1S/C11H6F5N/c12-10(13,11(14,15)16)9-6-5-7-3-1-2-4-8(7)17-9/h1-6H. The molecule has 6 heteroatoms. The molecule has 0 aliphatic carbocycles. The molecule has 2 rings (SSSR count). The lowest BCUT2D eigenvalue weighted by Gasteiger charge is -2.19. The molecule has 0 saturated heterocycles. The predicted molar refractivity (Wildman–Crippen MR) is 51.7 cm³/mol. The molecule has 1 aromatic carbocycles. The van der Waals surface area contributed by atoms with Crippen molar-refractivity contribution >= 4 is 10.9 Å². The second-order valence-corrected chi connectivity index (χ2v) is 3.46. The van der Waals surface area contributed by atoms with Crippen LogP contribution in [0.4, 0.5) is 22.0 Å². The number of aromatic nitrogens is 1. The Balaban J connectivity index is 2.57. The lowest BCUT2D eigenvalue weighted by Crippen LogP contribution is -2.34. The van der Waals surface area contributed by atoms with Crippen molar-refractivity contribution in [3.05, 3.63) is 42.1 Å². The topological polar surface area (TPSA) is 12.9 Å². The van der Waals surface area contributed by atoms with Gasteiger partial charge in [0.25, 0.3) is 0 Å². The van der Waals surface area contributed by atoms with Crippen molar-refractivity contribution in [1.82, 2.24) is 4.98 Å². The minimum atomic E-state index is -5.64. The van der Waals surface area contributed by atoms with Crippen LogP contribution in [0.25, 0.3) is 10.9 Å². The first-order chi connectivity index (χ1) is 7.82. The van der Waals surface area contributed by atoms with Gasteiger partial charge in [-0.3, -0.25) is 0 Å². The molecule has 1 nitrogen and oxygen atoms in total. The van der Waals surface area contributed by atoms with E-state index in [4.69, 9.17) is 0 Å². The minimum absolute atomic E-state index is 0.105. The fourth-order valence-electron chi connectivity index (χ4n) is 1.39. The number of hydrogen-bond donors (Lipinski definition) is 0. The van der Waals surface area contributed by atoms with E-state index in [9.17, 15) is 22.0 Å². The van der Waals surface area contributed by atoms with Crippen molar-refractivity contribution in [2.24, 2.45) is 0 Å². The Bertz CT molecular complexity index is 547. The summed E-state index contributed by atoms with van der Waals surface area (Å²) >= 11 is 0. The lowest BCUT2D eigenvalue weighted by atomic mass is 10.1. The van der Waals surface area contributed by atoms with Crippen molar-refractivity contribution in [3.63, 3.8) is 0 Å². The van der Waals surface area contributed by atoms with Crippen LogP contribution in [-0.4, -0.2) is 11.2 Å². The molecule has 0 aliphatic rings. The Morgan fingerprint density at radius 1 is 0.824 bits per heavy atom. The van der Waals surface area contributed by atoms with Gasteiger partial charge in [0, 0.05) is 5.39 Å². The Morgan fingerprint density at radius 3 is 2.12 bits per heavy atom. The molecule has 90 valence electrons. The average Bonchev–Trinajstić information content (AvgIpc) is 2.27. The summed E-state index contributed by atoms with van der Waals surface area (Å²) in [6.07, 6.45) is -5.64. The molecule has 0 radical (unpaired) electrons. The van der Waals surface area contributed by atoms with Crippen LogP contribution in [0.3, 0.4) is 0 Å². The number of halogens is 5. The van der Waals surface area contributed by atoms with Crippen LogP contribution in [-0.2, 0) is 5.92 Å². The third kappa shape index (κ3) is 1.94. The fraction of sp³-hybridized carbons (Fsp3) is 0.182. The number of nitrogens with zero attached hydrogens (tertiary/aromatic N) is 1. The highest BCUT2D eigenvalue weighted by Gasteiger charge is 2.59. The van der Waals surface area contributed by atoms with Gasteiger partial charge in [0.05, 0.1) is 5.52 Å². The van der Waals surface area contributed by atoms with Gasteiger partial charge in [-0.25, -0.2) is 4.98 Å². The molecular weight excluding hydrogens is 241 g/mol. The van der Waals surface area contributed by atoms with E-state index in [2.05, 4.69) is 4.98 Å². The molecule has 0 spiro atoms. The number of pyridine rings is 1. The molecule has 1 heterocycles. The van der Waals surface area contributed by atoms with Crippen LogP contribution in [0.15, 0.2) is 36.4 Å². The van der Waals surface area contributed by atoms with Crippen LogP contribution < -0.4 is 0 Å². The Kier molecular flexibility index (Phi) is 2.52. The Labute approximate surface area is 92.9 Å². The summed E-state index contributed by atoms with van der Waals surface area (Å²) in [6, 6.07) is 8.01. The SMILES string of the molecule is FC(F)(F)C(F)(F)c1ccc2ccccc2n1. The fourth-order valence-corrected chi connectivity index (χ4v) is 1.39. The van der Waals surface area contributed by atoms with Crippen LogP contribution in [0.1, 0.15) is 5.69 Å². The third-order valence-corrected chi connectivity index (χ3v) is 2.28. The zero-order valence-electron chi connectivity index (χ0n) is 8.30. The molecule has 0 atom stereocenters. The third-order valence-electron chi connectivity index (χ3n) is 2.28. The minimum Gasteiger partial charge on any atom is -0.246 e. The summed E-state index contributed by atoms with van der Waals surface area (Å²) in [6.45, 7) is 0. The number of hydrogen-bond acceptors (Lipinski definition) is 1. The lowest BCUT2D eigenvalue weighted by molar-refractivity contribution is -0.290. The highest BCUT2D eigenvalue weighted by Crippen LogP contribution is 2.43. The molecular formula is C11H6F5N. The largest absolute Gasteiger partial charge is 0.459 e. The number of para-hydroxylation sites is 1. The molecule has 2 aromatic rings. The summed E-state index contributed by atoms with van der Waals surface area (Å²) in [5.74, 6) is -4.93. The average molecular weight is 247 g/mol. The maximum absolute atomic E-state index is 13.0. The van der Waals surface area contributed by atoms with E-state index in [0.29, 0.717) is 11.5 Å². The summed E-state index contributed by atoms with van der Waals surface area (Å²) in [4.78, 5) is 3.34. The van der Waals surface area contributed by atoms with E-state index < -0.39 is 17.8 Å². The summed E-state index contributed by atoms with van der Waals surface area (Å²) in [5.41, 5.74) is -1.18.